The highest BCUT2D eigenvalue weighted by Gasteiger charge is 2.22. The number of furan rings is 1. The summed E-state index contributed by atoms with van der Waals surface area (Å²) in [6.07, 6.45) is 4.76. The number of hydrogen-bond donors (Lipinski definition) is 2. The highest BCUT2D eigenvalue weighted by Crippen LogP contribution is 2.28. The molecule has 1 aliphatic carbocycles. The van der Waals surface area contributed by atoms with Crippen LogP contribution >= 0.6 is 0 Å². The van der Waals surface area contributed by atoms with Crippen molar-refractivity contribution >= 4 is 22.7 Å². The second-order valence-electron chi connectivity index (χ2n) is 8.71. The standard InChI is InChI=1S/C24H33N5O/c1-16-13-19(17(2)30-16)15-25-14-18-9-11-20(12-10-18)26-24-27-22-8-6-5-7-21(22)23(28-24)29(3)4/h5-8,13,18,20,25H,9-12,14-15H2,1-4H3,(H,26,27,28). The summed E-state index contributed by atoms with van der Waals surface area (Å²) in [6, 6.07) is 10.8. The number of para-hydroxylation sites is 1. The SMILES string of the molecule is Cc1cc(CNCC2CCC(Nc3nc(N(C)C)c4ccccc4n3)CC2)c(C)o1. The van der Waals surface area contributed by atoms with E-state index < -0.39 is 0 Å². The number of rotatable bonds is 7. The fourth-order valence-corrected chi connectivity index (χ4v) is 4.43. The number of nitrogens with one attached hydrogen (secondary N) is 2. The van der Waals surface area contributed by atoms with Gasteiger partial charge in [-0.25, -0.2) is 4.98 Å². The van der Waals surface area contributed by atoms with Crippen molar-refractivity contribution in [2.24, 2.45) is 5.92 Å². The van der Waals surface area contributed by atoms with Gasteiger partial charge < -0.3 is 20.0 Å². The molecule has 0 aliphatic heterocycles. The summed E-state index contributed by atoms with van der Waals surface area (Å²) in [6.45, 7) is 6.00. The van der Waals surface area contributed by atoms with Crippen LogP contribution in [0.2, 0.25) is 0 Å². The minimum absolute atomic E-state index is 0.441. The molecule has 0 spiro atoms. The van der Waals surface area contributed by atoms with Gasteiger partial charge in [0.15, 0.2) is 0 Å². The molecule has 0 unspecified atom stereocenters. The second kappa shape index (κ2) is 9.04. The molecule has 1 saturated carbocycles. The van der Waals surface area contributed by atoms with Crippen LogP contribution in [0.15, 0.2) is 34.7 Å². The van der Waals surface area contributed by atoms with E-state index in [0.29, 0.717) is 6.04 Å². The van der Waals surface area contributed by atoms with Gasteiger partial charge in [0.1, 0.15) is 17.3 Å². The average Bonchev–Trinajstić information content (AvgIpc) is 3.05. The third kappa shape index (κ3) is 4.75. The number of benzene rings is 1. The van der Waals surface area contributed by atoms with E-state index in [2.05, 4.69) is 33.7 Å². The molecule has 0 radical (unpaired) electrons. The van der Waals surface area contributed by atoms with Gasteiger partial charge in [-0.1, -0.05) is 12.1 Å². The van der Waals surface area contributed by atoms with Crippen molar-refractivity contribution in [1.82, 2.24) is 15.3 Å². The summed E-state index contributed by atoms with van der Waals surface area (Å²) in [4.78, 5) is 11.6. The van der Waals surface area contributed by atoms with E-state index in [9.17, 15) is 0 Å². The minimum Gasteiger partial charge on any atom is -0.466 e. The predicted molar refractivity (Wildman–Crippen MR) is 123 cm³/mol. The van der Waals surface area contributed by atoms with Crippen molar-refractivity contribution < 1.29 is 4.42 Å². The fourth-order valence-electron chi connectivity index (χ4n) is 4.43. The molecule has 3 aromatic rings. The number of nitrogens with zero attached hydrogens (tertiary/aromatic N) is 3. The zero-order chi connectivity index (χ0) is 21.1. The number of aromatic nitrogens is 2. The van der Waals surface area contributed by atoms with E-state index in [1.807, 2.05) is 40.1 Å². The molecule has 0 amide bonds. The van der Waals surface area contributed by atoms with Crippen LogP contribution in [0, 0.1) is 19.8 Å². The van der Waals surface area contributed by atoms with Gasteiger partial charge in [0, 0.05) is 37.6 Å². The topological polar surface area (TPSA) is 66.2 Å². The smallest absolute Gasteiger partial charge is 0.225 e. The highest BCUT2D eigenvalue weighted by atomic mass is 16.3. The Labute approximate surface area is 179 Å². The van der Waals surface area contributed by atoms with Crippen LogP contribution in [0.25, 0.3) is 10.9 Å². The van der Waals surface area contributed by atoms with E-state index >= 15 is 0 Å². The van der Waals surface area contributed by atoms with Crippen molar-refractivity contribution in [1.29, 1.82) is 0 Å². The Morgan fingerprint density at radius 2 is 1.83 bits per heavy atom. The molecule has 30 heavy (non-hydrogen) atoms. The zero-order valence-corrected chi connectivity index (χ0v) is 18.5. The molecule has 1 fully saturated rings. The third-order valence-corrected chi connectivity index (χ3v) is 6.08. The van der Waals surface area contributed by atoms with Crippen LogP contribution in [-0.4, -0.2) is 36.6 Å². The maximum Gasteiger partial charge on any atom is 0.225 e. The molecular formula is C24H33N5O. The molecule has 2 heterocycles. The average molecular weight is 408 g/mol. The molecule has 2 aromatic heterocycles. The van der Waals surface area contributed by atoms with E-state index in [0.717, 1.165) is 66.0 Å². The molecule has 2 N–H and O–H groups in total. The van der Waals surface area contributed by atoms with Gasteiger partial charge in [-0.05, 0) is 70.2 Å². The van der Waals surface area contributed by atoms with Gasteiger partial charge in [0.25, 0.3) is 0 Å². The quantitative estimate of drug-likeness (QED) is 0.593. The molecular weight excluding hydrogens is 374 g/mol. The Morgan fingerprint density at radius 3 is 2.53 bits per heavy atom. The first-order valence-electron chi connectivity index (χ1n) is 11.0. The number of fused-ring (bicyclic) bond motifs is 1. The number of anilines is 2. The summed E-state index contributed by atoms with van der Waals surface area (Å²) in [5.41, 5.74) is 2.26. The maximum atomic E-state index is 5.61. The van der Waals surface area contributed by atoms with Crippen LogP contribution in [0.5, 0.6) is 0 Å². The molecule has 4 rings (SSSR count). The lowest BCUT2D eigenvalue weighted by Crippen LogP contribution is -2.31. The van der Waals surface area contributed by atoms with Crippen LogP contribution in [0.1, 0.15) is 42.8 Å². The van der Waals surface area contributed by atoms with Crippen LogP contribution in [-0.2, 0) is 6.54 Å². The zero-order valence-electron chi connectivity index (χ0n) is 18.5. The Hall–Kier alpha value is -2.60. The summed E-state index contributed by atoms with van der Waals surface area (Å²) in [5.74, 6) is 4.45. The van der Waals surface area contributed by atoms with Gasteiger partial charge in [-0.3, -0.25) is 0 Å². The lowest BCUT2D eigenvalue weighted by atomic mass is 9.86. The summed E-state index contributed by atoms with van der Waals surface area (Å²) >= 11 is 0. The highest BCUT2D eigenvalue weighted by molar-refractivity contribution is 5.90. The Kier molecular flexibility index (Phi) is 6.23. The normalized spacial score (nSPS) is 19.2. The predicted octanol–water partition coefficient (Wildman–Crippen LogP) is 4.67. The lowest BCUT2D eigenvalue weighted by molar-refractivity contribution is 0.323. The van der Waals surface area contributed by atoms with Crippen LogP contribution < -0.4 is 15.5 Å². The molecule has 160 valence electrons. The summed E-state index contributed by atoms with van der Waals surface area (Å²) in [5, 5.41) is 8.31. The first kappa shape index (κ1) is 20.7. The van der Waals surface area contributed by atoms with Crippen LogP contribution in [0.3, 0.4) is 0 Å². The van der Waals surface area contributed by atoms with Gasteiger partial charge in [0.05, 0.1) is 5.52 Å². The Balaban J connectivity index is 1.30. The van der Waals surface area contributed by atoms with Crippen molar-refractivity contribution in [3.63, 3.8) is 0 Å². The maximum absolute atomic E-state index is 5.61. The first-order valence-corrected chi connectivity index (χ1v) is 11.0. The summed E-state index contributed by atoms with van der Waals surface area (Å²) < 4.78 is 5.61. The molecule has 0 saturated heterocycles. The van der Waals surface area contributed by atoms with E-state index in [4.69, 9.17) is 14.4 Å². The van der Waals surface area contributed by atoms with E-state index in [1.165, 1.54) is 18.4 Å². The minimum atomic E-state index is 0.441. The molecule has 1 aliphatic rings. The lowest BCUT2D eigenvalue weighted by Gasteiger charge is -2.29. The fraction of sp³-hybridized carbons (Fsp3) is 0.500. The third-order valence-electron chi connectivity index (χ3n) is 6.08. The molecule has 0 atom stereocenters. The van der Waals surface area contributed by atoms with Crippen LogP contribution in [0.4, 0.5) is 11.8 Å². The number of aryl methyl sites for hydroxylation is 2. The Morgan fingerprint density at radius 1 is 1.07 bits per heavy atom. The van der Waals surface area contributed by atoms with Crippen molar-refractivity contribution in [3.8, 4) is 0 Å². The largest absolute Gasteiger partial charge is 0.466 e. The van der Waals surface area contributed by atoms with Crippen molar-refractivity contribution in [3.05, 3.63) is 47.4 Å². The van der Waals surface area contributed by atoms with Crippen molar-refractivity contribution in [2.45, 2.75) is 52.1 Å². The molecule has 6 heteroatoms. The van der Waals surface area contributed by atoms with Gasteiger partial charge in [-0.2, -0.15) is 4.98 Å². The summed E-state index contributed by atoms with van der Waals surface area (Å²) in [7, 11) is 4.06. The van der Waals surface area contributed by atoms with Gasteiger partial charge >= 0.3 is 0 Å². The number of hydrogen-bond acceptors (Lipinski definition) is 6. The molecule has 6 nitrogen and oxygen atoms in total. The first-order chi connectivity index (χ1) is 14.5. The van der Waals surface area contributed by atoms with E-state index in [1.54, 1.807) is 0 Å². The molecule has 0 bridgehead atoms. The molecule has 1 aromatic carbocycles. The second-order valence-corrected chi connectivity index (χ2v) is 8.71. The van der Waals surface area contributed by atoms with E-state index in [-0.39, 0.29) is 0 Å². The van der Waals surface area contributed by atoms with Gasteiger partial charge in [-0.15, -0.1) is 0 Å². The Bertz CT molecular complexity index is 988. The monoisotopic (exact) mass is 407 g/mol. The van der Waals surface area contributed by atoms with Gasteiger partial charge in [0.2, 0.25) is 5.95 Å². The van der Waals surface area contributed by atoms with Crippen molar-refractivity contribution in [2.75, 3.05) is 30.9 Å².